The van der Waals surface area contributed by atoms with Crippen molar-refractivity contribution in [3.8, 4) is 0 Å². The summed E-state index contributed by atoms with van der Waals surface area (Å²) in [6.45, 7) is 2.14. The van der Waals surface area contributed by atoms with Gasteiger partial charge >= 0.3 is 0 Å². The van der Waals surface area contributed by atoms with E-state index >= 15 is 0 Å². The van der Waals surface area contributed by atoms with Crippen LogP contribution < -0.4 is 0 Å². The van der Waals surface area contributed by atoms with Crippen LogP contribution in [0.4, 0.5) is 0 Å². The van der Waals surface area contributed by atoms with Crippen LogP contribution in [0.5, 0.6) is 0 Å². The SMILES string of the molecule is CCCc1ccc(C(=O)Cc2ccc(Cl)c(Cl)c2)cc1. The fourth-order valence-electron chi connectivity index (χ4n) is 2.08. The fourth-order valence-corrected chi connectivity index (χ4v) is 2.40. The van der Waals surface area contributed by atoms with Gasteiger partial charge in [0.2, 0.25) is 0 Å². The molecule has 0 aliphatic rings. The van der Waals surface area contributed by atoms with E-state index in [1.165, 1.54) is 5.56 Å². The molecular formula is C17H16Cl2O. The van der Waals surface area contributed by atoms with Crippen LogP contribution >= 0.6 is 23.2 Å². The molecule has 0 atom stereocenters. The lowest BCUT2D eigenvalue weighted by Gasteiger charge is -2.05. The summed E-state index contributed by atoms with van der Waals surface area (Å²) in [5.41, 5.74) is 2.87. The van der Waals surface area contributed by atoms with E-state index in [0.717, 1.165) is 24.0 Å². The van der Waals surface area contributed by atoms with E-state index in [4.69, 9.17) is 23.2 Å². The highest BCUT2D eigenvalue weighted by molar-refractivity contribution is 6.42. The third-order valence-electron chi connectivity index (χ3n) is 3.16. The zero-order valence-corrected chi connectivity index (χ0v) is 12.8. The second kappa shape index (κ2) is 6.92. The molecule has 0 aliphatic carbocycles. The van der Waals surface area contributed by atoms with Gasteiger partial charge in [0.1, 0.15) is 0 Å². The van der Waals surface area contributed by atoms with Crippen molar-refractivity contribution in [1.82, 2.24) is 0 Å². The molecule has 0 aromatic heterocycles. The molecule has 0 heterocycles. The van der Waals surface area contributed by atoms with E-state index in [9.17, 15) is 4.79 Å². The lowest BCUT2D eigenvalue weighted by molar-refractivity contribution is 0.0993. The average molecular weight is 307 g/mol. The molecule has 2 aromatic carbocycles. The maximum absolute atomic E-state index is 12.2. The molecular weight excluding hydrogens is 291 g/mol. The third-order valence-corrected chi connectivity index (χ3v) is 3.90. The minimum atomic E-state index is 0.0893. The monoisotopic (exact) mass is 306 g/mol. The first-order valence-electron chi connectivity index (χ1n) is 6.66. The van der Waals surface area contributed by atoms with Gasteiger partial charge in [-0.1, -0.05) is 66.9 Å². The second-order valence-electron chi connectivity index (χ2n) is 4.80. The smallest absolute Gasteiger partial charge is 0.167 e. The number of carbonyl (C=O) groups is 1. The molecule has 0 unspecified atom stereocenters. The molecule has 0 radical (unpaired) electrons. The van der Waals surface area contributed by atoms with Crippen molar-refractivity contribution < 1.29 is 4.79 Å². The Bertz CT molecular complexity index is 603. The average Bonchev–Trinajstić information content (AvgIpc) is 2.44. The summed E-state index contributed by atoms with van der Waals surface area (Å²) in [6, 6.07) is 13.1. The van der Waals surface area contributed by atoms with Crippen LogP contribution in [0.15, 0.2) is 42.5 Å². The van der Waals surface area contributed by atoms with Gasteiger partial charge in [0.15, 0.2) is 5.78 Å². The van der Waals surface area contributed by atoms with E-state index in [1.54, 1.807) is 12.1 Å². The number of Topliss-reactive ketones (excluding diaryl/α,β-unsaturated/α-hetero) is 1. The van der Waals surface area contributed by atoms with Gasteiger partial charge in [-0.15, -0.1) is 0 Å². The first-order chi connectivity index (χ1) is 9.60. The van der Waals surface area contributed by atoms with Crippen molar-refractivity contribution in [2.45, 2.75) is 26.2 Å². The Hall–Kier alpha value is -1.31. The molecule has 0 amide bonds. The highest BCUT2D eigenvalue weighted by atomic mass is 35.5. The van der Waals surface area contributed by atoms with E-state index in [1.807, 2.05) is 30.3 Å². The maximum atomic E-state index is 12.2. The number of ketones is 1. The summed E-state index contributed by atoms with van der Waals surface area (Å²) in [5.74, 6) is 0.0893. The zero-order valence-electron chi connectivity index (χ0n) is 11.3. The highest BCUT2D eigenvalue weighted by Gasteiger charge is 2.08. The Morgan fingerprint density at radius 2 is 1.60 bits per heavy atom. The molecule has 2 rings (SSSR count). The van der Waals surface area contributed by atoms with Gasteiger partial charge in [-0.05, 0) is 29.7 Å². The molecule has 0 fully saturated rings. The zero-order chi connectivity index (χ0) is 14.5. The summed E-state index contributed by atoms with van der Waals surface area (Å²) >= 11 is 11.8. The lowest BCUT2D eigenvalue weighted by Crippen LogP contribution is -2.03. The summed E-state index contributed by atoms with van der Waals surface area (Å²) in [6.07, 6.45) is 2.49. The van der Waals surface area contributed by atoms with Crippen LogP contribution in [-0.2, 0) is 12.8 Å². The molecule has 0 N–H and O–H groups in total. The lowest BCUT2D eigenvalue weighted by atomic mass is 10.0. The molecule has 104 valence electrons. The number of rotatable bonds is 5. The Labute approximate surface area is 129 Å². The fraction of sp³-hybridized carbons (Fsp3) is 0.235. The topological polar surface area (TPSA) is 17.1 Å². The van der Waals surface area contributed by atoms with Crippen molar-refractivity contribution in [3.63, 3.8) is 0 Å². The van der Waals surface area contributed by atoms with Crippen LogP contribution in [0.1, 0.15) is 34.8 Å². The minimum Gasteiger partial charge on any atom is -0.294 e. The standard InChI is InChI=1S/C17H16Cl2O/c1-2-3-12-4-7-14(8-5-12)17(20)11-13-6-9-15(18)16(19)10-13/h4-10H,2-3,11H2,1H3. The number of benzene rings is 2. The van der Waals surface area contributed by atoms with E-state index in [-0.39, 0.29) is 5.78 Å². The predicted molar refractivity (Wildman–Crippen MR) is 84.9 cm³/mol. The quantitative estimate of drug-likeness (QED) is 0.679. The van der Waals surface area contributed by atoms with Crippen molar-refractivity contribution in [1.29, 1.82) is 0 Å². The van der Waals surface area contributed by atoms with Crippen LogP contribution in [0.25, 0.3) is 0 Å². The number of carbonyl (C=O) groups excluding carboxylic acids is 1. The molecule has 3 heteroatoms. The first kappa shape index (κ1) is 15.1. The largest absolute Gasteiger partial charge is 0.294 e. The van der Waals surface area contributed by atoms with Gasteiger partial charge in [0, 0.05) is 12.0 Å². The molecule has 0 bridgehead atoms. The molecule has 0 aliphatic heterocycles. The van der Waals surface area contributed by atoms with Crippen LogP contribution in [-0.4, -0.2) is 5.78 Å². The molecule has 2 aromatic rings. The molecule has 0 saturated carbocycles. The van der Waals surface area contributed by atoms with Crippen LogP contribution in [0.3, 0.4) is 0 Å². The van der Waals surface area contributed by atoms with Gasteiger partial charge in [0.25, 0.3) is 0 Å². The van der Waals surface area contributed by atoms with Gasteiger partial charge in [-0.3, -0.25) is 4.79 Å². The molecule has 1 nitrogen and oxygen atoms in total. The number of halogens is 2. The van der Waals surface area contributed by atoms with Crippen molar-refractivity contribution in [2.24, 2.45) is 0 Å². The van der Waals surface area contributed by atoms with Crippen molar-refractivity contribution in [3.05, 3.63) is 69.2 Å². The van der Waals surface area contributed by atoms with E-state index in [2.05, 4.69) is 6.92 Å². The van der Waals surface area contributed by atoms with Gasteiger partial charge in [-0.25, -0.2) is 0 Å². The molecule has 0 spiro atoms. The Morgan fingerprint density at radius 1 is 0.950 bits per heavy atom. The van der Waals surface area contributed by atoms with Crippen LogP contribution in [0.2, 0.25) is 10.0 Å². The Balaban J connectivity index is 2.09. The minimum absolute atomic E-state index is 0.0893. The first-order valence-corrected chi connectivity index (χ1v) is 7.42. The van der Waals surface area contributed by atoms with E-state index < -0.39 is 0 Å². The number of aryl methyl sites for hydroxylation is 1. The van der Waals surface area contributed by atoms with Gasteiger partial charge in [0.05, 0.1) is 10.0 Å². The van der Waals surface area contributed by atoms with Gasteiger partial charge in [-0.2, -0.15) is 0 Å². The summed E-state index contributed by atoms with van der Waals surface area (Å²) < 4.78 is 0. The number of hydrogen-bond acceptors (Lipinski definition) is 1. The third kappa shape index (κ3) is 3.84. The molecule has 20 heavy (non-hydrogen) atoms. The van der Waals surface area contributed by atoms with Crippen molar-refractivity contribution >= 4 is 29.0 Å². The summed E-state index contributed by atoms with van der Waals surface area (Å²) in [5, 5.41) is 0.988. The van der Waals surface area contributed by atoms with E-state index in [0.29, 0.717) is 16.5 Å². The highest BCUT2D eigenvalue weighted by Crippen LogP contribution is 2.23. The predicted octanol–water partition coefficient (Wildman–Crippen LogP) is 5.37. The Morgan fingerprint density at radius 3 is 2.20 bits per heavy atom. The maximum Gasteiger partial charge on any atom is 0.167 e. The second-order valence-corrected chi connectivity index (χ2v) is 5.61. The number of hydrogen-bond donors (Lipinski definition) is 0. The Kier molecular flexibility index (Phi) is 5.22. The van der Waals surface area contributed by atoms with Crippen LogP contribution in [0, 0.1) is 0 Å². The van der Waals surface area contributed by atoms with Gasteiger partial charge < -0.3 is 0 Å². The summed E-state index contributed by atoms with van der Waals surface area (Å²) in [7, 11) is 0. The summed E-state index contributed by atoms with van der Waals surface area (Å²) in [4.78, 5) is 12.2. The normalized spacial score (nSPS) is 10.6. The molecule has 0 saturated heterocycles. The van der Waals surface area contributed by atoms with Crippen molar-refractivity contribution in [2.75, 3.05) is 0 Å².